The Morgan fingerprint density at radius 3 is 2.41 bits per heavy atom. The van der Waals surface area contributed by atoms with Gasteiger partial charge in [-0.25, -0.2) is 4.68 Å². The standard InChI is InChI=1S/C22H18BrClN4S/c1-13-19(22-26-25-21(29-22)15-3-2-4-15)27-28(18-11-9-17(24)10-12-18)20(13)14-5-7-16(23)8-6-14/h5-12,15H,2-4H2,1H3. The minimum Gasteiger partial charge on any atom is -0.232 e. The van der Waals surface area contributed by atoms with Gasteiger partial charge in [0.15, 0.2) is 5.01 Å². The molecule has 0 saturated heterocycles. The molecule has 0 bridgehead atoms. The van der Waals surface area contributed by atoms with Crippen LogP contribution in [0.15, 0.2) is 53.0 Å². The lowest BCUT2D eigenvalue weighted by Gasteiger charge is -2.21. The van der Waals surface area contributed by atoms with Crippen molar-refractivity contribution in [3.63, 3.8) is 0 Å². The maximum Gasteiger partial charge on any atom is 0.168 e. The summed E-state index contributed by atoms with van der Waals surface area (Å²) in [5, 5.41) is 16.6. The van der Waals surface area contributed by atoms with E-state index in [1.165, 1.54) is 19.3 Å². The van der Waals surface area contributed by atoms with Crippen molar-refractivity contribution >= 4 is 38.9 Å². The Balaban J connectivity index is 1.66. The predicted octanol–water partition coefficient (Wildman–Crippen LogP) is 7.05. The van der Waals surface area contributed by atoms with E-state index >= 15 is 0 Å². The quantitative estimate of drug-likeness (QED) is 0.311. The molecule has 2 aromatic heterocycles. The van der Waals surface area contributed by atoms with E-state index in [-0.39, 0.29) is 0 Å². The van der Waals surface area contributed by atoms with E-state index < -0.39 is 0 Å². The van der Waals surface area contributed by atoms with E-state index in [4.69, 9.17) is 16.7 Å². The molecule has 4 nitrogen and oxygen atoms in total. The molecule has 0 unspecified atom stereocenters. The summed E-state index contributed by atoms with van der Waals surface area (Å²) in [6, 6.07) is 16.0. The van der Waals surface area contributed by atoms with Crippen molar-refractivity contribution in [2.45, 2.75) is 32.1 Å². The molecular formula is C22H18BrClN4S. The fraction of sp³-hybridized carbons (Fsp3) is 0.227. The first kappa shape index (κ1) is 19.0. The summed E-state index contributed by atoms with van der Waals surface area (Å²) in [5.74, 6) is 0.575. The van der Waals surface area contributed by atoms with Crippen molar-refractivity contribution in [2.24, 2.45) is 0 Å². The van der Waals surface area contributed by atoms with Crippen LogP contribution in [0.1, 0.15) is 35.8 Å². The first-order valence-electron chi connectivity index (χ1n) is 9.55. The molecule has 146 valence electrons. The van der Waals surface area contributed by atoms with Crippen LogP contribution in [0.3, 0.4) is 0 Å². The third-order valence-electron chi connectivity index (χ3n) is 5.41. The first-order chi connectivity index (χ1) is 14.1. The second-order valence-electron chi connectivity index (χ2n) is 7.29. The molecule has 2 heterocycles. The molecule has 0 atom stereocenters. The Kier molecular flexibility index (Phi) is 5.02. The number of aromatic nitrogens is 4. The molecule has 7 heteroatoms. The van der Waals surface area contributed by atoms with Crippen LogP contribution in [0.25, 0.3) is 27.6 Å². The van der Waals surface area contributed by atoms with Crippen LogP contribution in [0.4, 0.5) is 0 Å². The summed E-state index contributed by atoms with van der Waals surface area (Å²) in [4.78, 5) is 0. The second-order valence-corrected chi connectivity index (χ2v) is 9.65. The van der Waals surface area contributed by atoms with Gasteiger partial charge in [-0.15, -0.1) is 10.2 Å². The molecule has 29 heavy (non-hydrogen) atoms. The zero-order valence-corrected chi connectivity index (χ0v) is 18.9. The Labute approximate surface area is 186 Å². The molecule has 4 aromatic rings. The molecule has 0 amide bonds. The number of nitrogens with zero attached hydrogens (tertiary/aromatic N) is 4. The lowest BCUT2D eigenvalue weighted by Crippen LogP contribution is -2.07. The molecule has 1 saturated carbocycles. The molecule has 1 aliphatic rings. The van der Waals surface area contributed by atoms with Crippen LogP contribution >= 0.6 is 38.9 Å². The predicted molar refractivity (Wildman–Crippen MR) is 122 cm³/mol. The van der Waals surface area contributed by atoms with Crippen LogP contribution < -0.4 is 0 Å². The third kappa shape index (κ3) is 3.54. The Morgan fingerprint density at radius 2 is 1.76 bits per heavy atom. The Hall–Kier alpha value is -2.02. The number of halogens is 2. The molecular weight excluding hydrogens is 468 g/mol. The normalized spacial score (nSPS) is 14.2. The van der Waals surface area contributed by atoms with Crippen LogP contribution in [-0.4, -0.2) is 20.0 Å². The molecule has 2 aromatic carbocycles. The number of benzene rings is 2. The lowest BCUT2D eigenvalue weighted by atomic mass is 9.86. The SMILES string of the molecule is Cc1c(-c2nnc(C3CCC3)s2)nn(-c2ccc(Cl)cc2)c1-c1ccc(Br)cc1. The molecule has 0 aliphatic heterocycles. The van der Waals surface area contributed by atoms with Gasteiger partial charge < -0.3 is 0 Å². The van der Waals surface area contributed by atoms with Gasteiger partial charge in [-0.05, 0) is 56.2 Å². The zero-order valence-electron chi connectivity index (χ0n) is 15.8. The van der Waals surface area contributed by atoms with Gasteiger partial charge in [0.25, 0.3) is 0 Å². The number of rotatable bonds is 4. The monoisotopic (exact) mass is 484 g/mol. The molecule has 1 fully saturated rings. The van der Waals surface area contributed by atoms with Gasteiger partial charge in [0.05, 0.1) is 11.4 Å². The minimum absolute atomic E-state index is 0.575. The van der Waals surface area contributed by atoms with Gasteiger partial charge in [0, 0.05) is 26.5 Å². The first-order valence-corrected chi connectivity index (χ1v) is 11.5. The van der Waals surface area contributed by atoms with Crippen molar-refractivity contribution in [1.82, 2.24) is 20.0 Å². The smallest absolute Gasteiger partial charge is 0.168 e. The van der Waals surface area contributed by atoms with Crippen LogP contribution in [0, 0.1) is 6.92 Å². The number of hydrogen-bond donors (Lipinski definition) is 0. The fourth-order valence-electron chi connectivity index (χ4n) is 3.57. The van der Waals surface area contributed by atoms with Gasteiger partial charge in [0.2, 0.25) is 0 Å². The van der Waals surface area contributed by atoms with E-state index in [9.17, 15) is 0 Å². The van der Waals surface area contributed by atoms with Crippen molar-refractivity contribution in [3.05, 3.63) is 68.6 Å². The van der Waals surface area contributed by atoms with Gasteiger partial charge in [-0.2, -0.15) is 5.10 Å². The molecule has 0 spiro atoms. The average molecular weight is 486 g/mol. The maximum absolute atomic E-state index is 6.11. The molecule has 5 rings (SSSR count). The topological polar surface area (TPSA) is 43.6 Å². The van der Waals surface area contributed by atoms with Crippen molar-refractivity contribution in [1.29, 1.82) is 0 Å². The fourth-order valence-corrected chi connectivity index (χ4v) is 5.01. The zero-order chi connectivity index (χ0) is 20.0. The van der Waals surface area contributed by atoms with Gasteiger partial charge in [-0.3, -0.25) is 0 Å². The van der Waals surface area contributed by atoms with Crippen LogP contribution in [0.2, 0.25) is 5.02 Å². The Morgan fingerprint density at radius 1 is 1.03 bits per heavy atom. The summed E-state index contributed by atoms with van der Waals surface area (Å²) in [6.07, 6.45) is 3.73. The summed E-state index contributed by atoms with van der Waals surface area (Å²) in [5.41, 5.74) is 5.10. The van der Waals surface area contributed by atoms with Crippen molar-refractivity contribution in [2.75, 3.05) is 0 Å². The van der Waals surface area contributed by atoms with E-state index in [1.807, 2.05) is 41.1 Å². The summed E-state index contributed by atoms with van der Waals surface area (Å²) < 4.78 is 3.03. The van der Waals surface area contributed by atoms with Crippen molar-refractivity contribution in [3.8, 4) is 27.6 Å². The molecule has 1 aliphatic carbocycles. The highest BCUT2D eigenvalue weighted by Gasteiger charge is 2.26. The van der Waals surface area contributed by atoms with Crippen LogP contribution in [0.5, 0.6) is 0 Å². The van der Waals surface area contributed by atoms with E-state index in [0.717, 1.165) is 42.7 Å². The highest BCUT2D eigenvalue weighted by atomic mass is 79.9. The van der Waals surface area contributed by atoms with Gasteiger partial charge in [0.1, 0.15) is 10.7 Å². The number of hydrogen-bond acceptors (Lipinski definition) is 4. The average Bonchev–Trinajstić information content (AvgIpc) is 3.27. The highest BCUT2D eigenvalue weighted by molar-refractivity contribution is 9.10. The molecule has 0 radical (unpaired) electrons. The Bertz CT molecular complexity index is 1160. The summed E-state index contributed by atoms with van der Waals surface area (Å²) in [6.45, 7) is 2.11. The summed E-state index contributed by atoms with van der Waals surface area (Å²) in [7, 11) is 0. The van der Waals surface area contributed by atoms with E-state index in [1.54, 1.807) is 11.3 Å². The van der Waals surface area contributed by atoms with E-state index in [0.29, 0.717) is 10.9 Å². The highest BCUT2D eigenvalue weighted by Crippen LogP contribution is 2.41. The second kappa shape index (κ2) is 7.67. The lowest BCUT2D eigenvalue weighted by molar-refractivity contribution is 0.416. The van der Waals surface area contributed by atoms with E-state index in [2.05, 4.69) is 45.2 Å². The van der Waals surface area contributed by atoms with Gasteiger partial charge >= 0.3 is 0 Å². The van der Waals surface area contributed by atoms with Crippen LogP contribution in [-0.2, 0) is 0 Å². The van der Waals surface area contributed by atoms with Crippen molar-refractivity contribution < 1.29 is 0 Å². The maximum atomic E-state index is 6.11. The summed E-state index contributed by atoms with van der Waals surface area (Å²) >= 11 is 11.3. The molecule has 0 N–H and O–H groups in total. The minimum atomic E-state index is 0.575. The third-order valence-corrected chi connectivity index (χ3v) is 7.28. The van der Waals surface area contributed by atoms with Gasteiger partial charge in [-0.1, -0.05) is 57.4 Å². The largest absolute Gasteiger partial charge is 0.232 e.